The van der Waals surface area contributed by atoms with Gasteiger partial charge in [-0.3, -0.25) is 0 Å². The van der Waals surface area contributed by atoms with Crippen LogP contribution in [0.25, 0.3) is 0 Å². The van der Waals surface area contributed by atoms with Crippen molar-refractivity contribution in [1.29, 1.82) is 0 Å². The van der Waals surface area contributed by atoms with E-state index in [1.807, 2.05) is 0 Å². The van der Waals surface area contributed by atoms with Crippen molar-refractivity contribution in [2.45, 2.75) is 32.8 Å². The molecule has 2 heteroatoms. The van der Waals surface area contributed by atoms with E-state index in [4.69, 9.17) is 4.74 Å². The minimum absolute atomic E-state index is 0.564. The summed E-state index contributed by atoms with van der Waals surface area (Å²) in [6, 6.07) is 0. The summed E-state index contributed by atoms with van der Waals surface area (Å²) in [7, 11) is 2.17. The van der Waals surface area contributed by atoms with Gasteiger partial charge in [0.1, 0.15) is 0 Å². The molecule has 2 saturated heterocycles. The zero-order valence-electron chi connectivity index (χ0n) is 8.55. The molecule has 2 unspecified atom stereocenters. The Morgan fingerprint density at radius 2 is 2.00 bits per heavy atom. The first-order valence-corrected chi connectivity index (χ1v) is 5.06. The van der Waals surface area contributed by atoms with Gasteiger partial charge < -0.3 is 9.64 Å². The summed E-state index contributed by atoms with van der Waals surface area (Å²) in [6.45, 7) is 7.65. The maximum absolute atomic E-state index is 5.51. The number of likely N-dealkylation sites (tertiary alicyclic amines) is 1. The van der Waals surface area contributed by atoms with Crippen molar-refractivity contribution < 1.29 is 4.74 Å². The highest BCUT2D eigenvalue weighted by atomic mass is 16.5. The Balaban J connectivity index is 0.000000213. The first-order chi connectivity index (χ1) is 5.76. The Morgan fingerprint density at radius 1 is 1.33 bits per heavy atom. The molecule has 2 bridgehead atoms. The predicted octanol–water partition coefficient (Wildman–Crippen LogP) is 1.75. The van der Waals surface area contributed by atoms with Crippen molar-refractivity contribution in [1.82, 2.24) is 4.90 Å². The first kappa shape index (κ1) is 10.0. The lowest BCUT2D eigenvalue weighted by Gasteiger charge is -2.25. The van der Waals surface area contributed by atoms with Crippen LogP contribution in [0.1, 0.15) is 26.7 Å². The average Bonchev–Trinajstić information content (AvgIpc) is 2.32. The maximum atomic E-state index is 5.51. The van der Waals surface area contributed by atoms with Gasteiger partial charge in [0.2, 0.25) is 0 Å². The van der Waals surface area contributed by atoms with Crippen LogP contribution in [-0.2, 0) is 4.74 Å². The third-order valence-electron chi connectivity index (χ3n) is 2.25. The molecule has 0 amide bonds. The van der Waals surface area contributed by atoms with Gasteiger partial charge in [0, 0.05) is 13.1 Å². The minimum atomic E-state index is 0.564. The molecule has 0 aromatic rings. The molecule has 2 fully saturated rings. The SMILES string of the molecule is CCC.CN1CC2COC(C2)C1. The highest BCUT2D eigenvalue weighted by Crippen LogP contribution is 2.25. The summed E-state index contributed by atoms with van der Waals surface area (Å²) in [5.41, 5.74) is 0. The summed E-state index contributed by atoms with van der Waals surface area (Å²) in [6.07, 6.45) is 3.12. The van der Waals surface area contributed by atoms with Crippen molar-refractivity contribution in [3.63, 3.8) is 0 Å². The fraction of sp³-hybridized carbons (Fsp3) is 1.00. The second-order valence-corrected chi connectivity index (χ2v) is 3.99. The van der Waals surface area contributed by atoms with Crippen LogP contribution in [0.4, 0.5) is 0 Å². The third kappa shape index (κ3) is 2.76. The van der Waals surface area contributed by atoms with Gasteiger partial charge in [-0.1, -0.05) is 20.3 Å². The van der Waals surface area contributed by atoms with E-state index in [9.17, 15) is 0 Å². The normalized spacial score (nSPS) is 34.2. The van der Waals surface area contributed by atoms with Gasteiger partial charge in [-0.25, -0.2) is 0 Å². The zero-order chi connectivity index (χ0) is 8.97. The lowest BCUT2D eigenvalue weighted by molar-refractivity contribution is 0.0926. The number of hydrogen-bond donors (Lipinski definition) is 0. The summed E-state index contributed by atoms with van der Waals surface area (Å²) >= 11 is 0. The highest BCUT2D eigenvalue weighted by Gasteiger charge is 2.31. The molecule has 2 rings (SSSR count). The van der Waals surface area contributed by atoms with E-state index in [0.717, 1.165) is 19.1 Å². The first-order valence-electron chi connectivity index (χ1n) is 5.06. The van der Waals surface area contributed by atoms with Crippen LogP contribution in [0.5, 0.6) is 0 Å². The minimum Gasteiger partial charge on any atom is -0.377 e. The lowest BCUT2D eigenvalue weighted by atomic mass is 10.0. The van der Waals surface area contributed by atoms with E-state index in [0.29, 0.717) is 6.10 Å². The molecule has 12 heavy (non-hydrogen) atoms. The predicted molar refractivity (Wildman–Crippen MR) is 51.3 cm³/mol. The second kappa shape index (κ2) is 4.83. The molecule has 0 aromatic carbocycles. The van der Waals surface area contributed by atoms with Crippen LogP contribution in [0.3, 0.4) is 0 Å². The van der Waals surface area contributed by atoms with E-state index in [-0.39, 0.29) is 0 Å². The van der Waals surface area contributed by atoms with Crippen LogP contribution in [0, 0.1) is 5.92 Å². The zero-order valence-corrected chi connectivity index (χ0v) is 8.55. The van der Waals surface area contributed by atoms with Crippen molar-refractivity contribution >= 4 is 0 Å². The smallest absolute Gasteiger partial charge is 0.0706 e. The maximum Gasteiger partial charge on any atom is 0.0706 e. The van der Waals surface area contributed by atoms with Crippen LogP contribution in [0.15, 0.2) is 0 Å². The number of fused-ring (bicyclic) bond motifs is 2. The van der Waals surface area contributed by atoms with Crippen molar-refractivity contribution in [2.24, 2.45) is 5.92 Å². The molecular weight excluding hydrogens is 150 g/mol. The van der Waals surface area contributed by atoms with Crippen molar-refractivity contribution in [3.05, 3.63) is 0 Å². The molecule has 0 aromatic heterocycles. The molecule has 0 aliphatic carbocycles. The fourth-order valence-corrected chi connectivity index (χ4v) is 1.90. The second-order valence-electron chi connectivity index (χ2n) is 3.99. The van der Waals surface area contributed by atoms with E-state index in [1.165, 1.54) is 19.4 Å². The molecule has 2 atom stereocenters. The largest absolute Gasteiger partial charge is 0.377 e. The van der Waals surface area contributed by atoms with Gasteiger partial charge in [-0.15, -0.1) is 0 Å². The van der Waals surface area contributed by atoms with Crippen LogP contribution in [0.2, 0.25) is 0 Å². The molecule has 0 spiro atoms. The molecule has 2 aliphatic heterocycles. The van der Waals surface area contributed by atoms with E-state index in [2.05, 4.69) is 25.8 Å². The van der Waals surface area contributed by atoms with E-state index in [1.54, 1.807) is 0 Å². The third-order valence-corrected chi connectivity index (χ3v) is 2.25. The summed E-state index contributed by atoms with van der Waals surface area (Å²) in [5.74, 6) is 0.841. The van der Waals surface area contributed by atoms with Crippen molar-refractivity contribution in [3.8, 4) is 0 Å². The number of piperidine rings is 1. The number of hydrogen-bond acceptors (Lipinski definition) is 2. The summed E-state index contributed by atoms with van der Waals surface area (Å²) in [5, 5.41) is 0. The van der Waals surface area contributed by atoms with Crippen LogP contribution < -0.4 is 0 Å². The number of rotatable bonds is 0. The number of likely N-dealkylation sites (N-methyl/N-ethyl adjacent to an activating group) is 1. The molecule has 2 nitrogen and oxygen atoms in total. The van der Waals surface area contributed by atoms with E-state index < -0.39 is 0 Å². The van der Waals surface area contributed by atoms with Gasteiger partial charge in [-0.2, -0.15) is 0 Å². The average molecular weight is 171 g/mol. The van der Waals surface area contributed by atoms with Gasteiger partial charge in [-0.05, 0) is 19.4 Å². The highest BCUT2D eigenvalue weighted by molar-refractivity contribution is 4.82. The molecule has 0 saturated carbocycles. The molecule has 72 valence electrons. The number of nitrogens with zero attached hydrogens (tertiary/aromatic N) is 1. The lowest BCUT2D eigenvalue weighted by Crippen LogP contribution is -2.35. The number of ether oxygens (including phenoxy) is 1. The molecular formula is C10H21NO. The van der Waals surface area contributed by atoms with Crippen LogP contribution in [-0.4, -0.2) is 37.7 Å². The molecule has 0 N–H and O–H groups in total. The monoisotopic (exact) mass is 171 g/mol. The van der Waals surface area contributed by atoms with Gasteiger partial charge in [0.15, 0.2) is 0 Å². The Hall–Kier alpha value is -0.0800. The Bertz CT molecular complexity index is 115. The summed E-state index contributed by atoms with van der Waals surface area (Å²) in [4.78, 5) is 2.37. The molecule has 2 heterocycles. The molecule has 2 aliphatic rings. The van der Waals surface area contributed by atoms with E-state index >= 15 is 0 Å². The standard InChI is InChI=1S/C7H13NO.C3H8/c1-8-3-6-2-7(4-8)9-5-6;1-3-2/h6-7H,2-5H2,1H3;3H2,1-2H3. The Labute approximate surface area is 75.9 Å². The quantitative estimate of drug-likeness (QED) is 0.550. The van der Waals surface area contributed by atoms with Crippen LogP contribution >= 0.6 is 0 Å². The topological polar surface area (TPSA) is 12.5 Å². The molecule has 0 radical (unpaired) electrons. The van der Waals surface area contributed by atoms with Gasteiger partial charge in [0.05, 0.1) is 12.7 Å². The fourth-order valence-electron chi connectivity index (χ4n) is 1.90. The van der Waals surface area contributed by atoms with Gasteiger partial charge in [0.25, 0.3) is 0 Å². The summed E-state index contributed by atoms with van der Waals surface area (Å²) < 4.78 is 5.51. The Kier molecular flexibility index (Phi) is 4.02. The van der Waals surface area contributed by atoms with Crippen molar-refractivity contribution in [2.75, 3.05) is 26.7 Å². The van der Waals surface area contributed by atoms with Gasteiger partial charge >= 0.3 is 0 Å². The Morgan fingerprint density at radius 3 is 2.58 bits per heavy atom.